The zero-order chi connectivity index (χ0) is 21.8. The summed E-state index contributed by atoms with van der Waals surface area (Å²) < 4.78 is 16.3. The van der Waals surface area contributed by atoms with Gasteiger partial charge in [-0.1, -0.05) is 17.4 Å². The Morgan fingerprint density at radius 3 is 2.48 bits per heavy atom. The fourth-order valence-electron chi connectivity index (χ4n) is 3.80. The van der Waals surface area contributed by atoms with Gasteiger partial charge in [-0.3, -0.25) is 4.79 Å². The lowest BCUT2D eigenvalue weighted by Gasteiger charge is -2.34. The van der Waals surface area contributed by atoms with E-state index in [0.717, 1.165) is 34.1 Å². The van der Waals surface area contributed by atoms with Gasteiger partial charge in [0.1, 0.15) is 10.3 Å². The second-order valence-corrected chi connectivity index (χ2v) is 8.14. The summed E-state index contributed by atoms with van der Waals surface area (Å²) in [4.78, 5) is 27.0. The van der Waals surface area contributed by atoms with Gasteiger partial charge in [0.2, 0.25) is 11.7 Å². The van der Waals surface area contributed by atoms with Gasteiger partial charge in [-0.15, -0.1) is 0 Å². The summed E-state index contributed by atoms with van der Waals surface area (Å²) in [6, 6.07) is 7.64. The highest BCUT2D eigenvalue weighted by molar-refractivity contribution is 7.21. The van der Waals surface area contributed by atoms with Gasteiger partial charge in [-0.25, -0.2) is 9.97 Å². The molecule has 1 saturated heterocycles. The maximum Gasteiger partial charge on any atom is 0.223 e. The third kappa shape index (κ3) is 4.36. The minimum absolute atomic E-state index is 0.141. The lowest BCUT2D eigenvalue weighted by atomic mass is 10.1. The summed E-state index contributed by atoms with van der Waals surface area (Å²) in [5.41, 5.74) is 1.85. The molecule has 8 nitrogen and oxygen atoms in total. The van der Waals surface area contributed by atoms with E-state index >= 15 is 0 Å². The van der Waals surface area contributed by atoms with Crippen molar-refractivity contribution in [1.82, 2.24) is 14.9 Å². The molecule has 3 aromatic rings. The predicted molar refractivity (Wildman–Crippen MR) is 121 cm³/mol. The van der Waals surface area contributed by atoms with Gasteiger partial charge in [0.25, 0.3) is 0 Å². The first-order valence-corrected chi connectivity index (χ1v) is 11.0. The summed E-state index contributed by atoms with van der Waals surface area (Å²) in [5, 5.41) is 0.968. The lowest BCUT2D eigenvalue weighted by Crippen LogP contribution is -2.48. The van der Waals surface area contributed by atoms with Crippen LogP contribution < -0.4 is 19.1 Å². The van der Waals surface area contributed by atoms with Crippen molar-refractivity contribution >= 4 is 32.7 Å². The number of piperazine rings is 1. The normalized spacial score (nSPS) is 14.0. The molecule has 1 aliphatic rings. The van der Waals surface area contributed by atoms with Crippen LogP contribution >= 0.6 is 11.3 Å². The number of thiazole rings is 1. The average Bonchev–Trinajstić information content (AvgIpc) is 3.26. The molecule has 1 fully saturated rings. The van der Waals surface area contributed by atoms with Crippen LogP contribution in [0.2, 0.25) is 0 Å². The average molecular weight is 443 g/mol. The molecule has 0 bridgehead atoms. The number of hydrogen-bond acceptors (Lipinski definition) is 8. The summed E-state index contributed by atoms with van der Waals surface area (Å²) in [6.45, 7) is 2.91. The Labute approximate surface area is 185 Å². The lowest BCUT2D eigenvalue weighted by molar-refractivity contribution is -0.131. The topological polar surface area (TPSA) is 77.0 Å². The van der Waals surface area contributed by atoms with Crippen LogP contribution in [0, 0.1) is 0 Å². The van der Waals surface area contributed by atoms with E-state index in [1.165, 1.54) is 0 Å². The van der Waals surface area contributed by atoms with Crippen molar-refractivity contribution in [2.45, 2.75) is 12.8 Å². The summed E-state index contributed by atoms with van der Waals surface area (Å²) >= 11 is 1.60. The van der Waals surface area contributed by atoms with Gasteiger partial charge in [0.05, 0.1) is 21.3 Å². The van der Waals surface area contributed by atoms with E-state index in [-0.39, 0.29) is 5.91 Å². The molecule has 9 heteroatoms. The van der Waals surface area contributed by atoms with Crippen LogP contribution in [0.5, 0.6) is 17.2 Å². The quantitative estimate of drug-likeness (QED) is 0.557. The SMILES string of the molecule is COc1ccc(CCC(=O)N2CCN(c3nc4cccnc4s3)CC2)c(OC)c1OC. The van der Waals surface area contributed by atoms with E-state index in [2.05, 4.69) is 14.9 Å². The molecule has 0 N–H and O–H groups in total. The molecule has 0 unspecified atom stereocenters. The fourth-order valence-corrected chi connectivity index (χ4v) is 4.76. The molecule has 0 atom stereocenters. The molecule has 31 heavy (non-hydrogen) atoms. The molecule has 0 aliphatic carbocycles. The number of fused-ring (bicyclic) bond motifs is 1. The van der Waals surface area contributed by atoms with Crippen molar-refractivity contribution in [3.8, 4) is 17.2 Å². The molecule has 164 valence electrons. The van der Waals surface area contributed by atoms with E-state index in [1.807, 2.05) is 29.2 Å². The van der Waals surface area contributed by atoms with Gasteiger partial charge >= 0.3 is 0 Å². The Kier molecular flexibility index (Phi) is 6.41. The number of ether oxygens (including phenoxy) is 3. The molecule has 3 heterocycles. The third-order valence-corrected chi connectivity index (χ3v) is 6.49. The molecular weight excluding hydrogens is 416 g/mol. The third-order valence-electron chi connectivity index (χ3n) is 5.45. The number of carbonyl (C=O) groups excluding carboxylic acids is 1. The fraction of sp³-hybridized carbons (Fsp3) is 0.409. The Morgan fingerprint density at radius 2 is 1.81 bits per heavy atom. The molecular formula is C22H26N4O4S. The number of aromatic nitrogens is 2. The minimum atomic E-state index is 0.141. The summed E-state index contributed by atoms with van der Waals surface area (Å²) in [5.74, 6) is 1.91. The van der Waals surface area contributed by atoms with E-state index in [1.54, 1.807) is 38.9 Å². The highest BCUT2D eigenvalue weighted by Crippen LogP contribution is 2.40. The number of benzene rings is 1. The monoisotopic (exact) mass is 442 g/mol. The van der Waals surface area contributed by atoms with Crippen molar-refractivity contribution in [2.75, 3.05) is 52.4 Å². The number of rotatable bonds is 7. The van der Waals surface area contributed by atoms with Gasteiger partial charge in [-0.05, 0) is 30.2 Å². The molecule has 1 amide bonds. The number of nitrogens with zero attached hydrogens (tertiary/aromatic N) is 4. The van der Waals surface area contributed by atoms with E-state index in [0.29, 0.717) is 43.2 Å². The Morgan fingerprint density at radius 1 is 1.03 bits per heavy atom. The first-order chi connectivity index (χ1) is 15.1. The van der Waals surface area contributed by atoms with Crippen LogP contribution in [-0.2, 0) is 11.2 Å². The van der Waals surface area contributed by atoms with Gasteiger partial charge < -0.3 is 24.0 Å². The van der Waals surface area contributed by atoms with Crippen LogP contribution in [0.1, 0.15) is 12.0 Å². The second-order valence-electron chi connectivity index (χ2n) is 7.19. The number of carbonyl (C=O) groups is 1. The van der Waals surface area contributed by atoms with Crippen molar-refractivity contribution in [3.63, 3.8) is 0 Å². The molecule has 4 rings (SSSR count). The molecule has 1 aromatic carbocycles. The minimum Gasteiger partial charge on any atom is -0.493 e. The Hall–Kier alpha value is -3.07. The van der Waals surface area contributed by atoms with Crippen molar-refractivity contribution < 1.29 is 19.0 Å². The largest absolute Gasteiger partial charge is 0.493 e. The van der Waals surface area contributed by atoms with Crippen LogP contribution in [0.15, 0.2) is 30.5 Å². The van der Waals surface area contributed by atoms with Crippen molar-refractivity contribution in [2.24, 2.45) is 0 Å². The molecule has 2 aromatic heterocycles. The number of hydrogen-bond donors (Lipinski definition) is 0. The standard InChI is InChI=1S/C22H26N4O4S/c1-28-17-8-6-15(19(29-2)20(17)30-3)7-9-18(27)25-11-13-26(14-12-25)22-24-16-5-4-10-23-21(16)31-22/h4-6,8,10H,7,9,11-14H2,1-3H3. The number of aryl methyl sites for hydroxylation is 1. The molecule has 0 radical (unpaired) electrons. The number of methoxy groups -OCH3 is 3. The highest BCUT2D eigenvalue weighted by Gasteiger charge is 2.24. The maximum absolute atomic E-state index is 12.8. The van der Waals surface area contributed by atoms with Crippen LogP contribution in [-0.4, -0.2) is 68.3 Å². The molecule has 1 aliphatic heterocycles. The molecule has 0 spiro atoms. The Bertz CT molecular complexity index is 1030. The first-order valence-electron chi connectivity index (χ1n) is 10.2. The van der Waals surface area contributed by atoms with Gasteiger partial charge in [0.15, 0.2) is 16.6 Å². The van der Waals surface area contributed by atoms with E-state index < -0.39 is 0 Å². The van der Waals surface area contributed by atoms with Crippen LogP contribution in [0.3, 0.4) is 0 Å². The highest BCUT2D eigenvalue weighted by atomic mass is 32.1. The zero-order valence-electron chi connectivity index (χ0n) is 18.0. The number of pyridine rings is 1. The van der Waals surface area contributed by atoms with Crippen LogP contribution in [0.25, 0.3) is 10.3 Å². The zero-order valence-corrected chi connectivity index (χ0v) is 18.8. The van der Waals surface area contributed by atoms with Gasteiger partial charge in [-0.2, -0.15) is 0 Å². The summed E-state index contributed by atoms with van der Waals surface area (Å²) in [6.07, 6.45) is 2.78. The maximum atomic E-state index is 12.8. The van der Waals surface area contributed by atoms with E-state index in [9.17, 15) is 4.79 Å². The summed E-state index contributed by atoms with van der Waals surface area (Å²) in [7, 11) is 4.76. The number of anilines is 1. The first kappa shape index (κ1) is 21.2. The van der Waals surface area contributed by atoms with Crippen LogP contribution in [0.4, 0.5) is 5.13 Å². The van der Waals surface area contributed by atoms with Gasteiger partial charge in [0, 0.05) is 38.8 Å². The van der Waals surface area contributed by atoms with Crippen molar-refractivity contribution in [3.05, 3.63) is 36.0 Å². The molecule has 0 saturated carbocycles. The Balaban J connectivity index is 1.35. The van der Waals surface area contributed by atoms with E-state index in [4.69, 9.17) is 14.2 Å². The second kappa shape index (κ2) is 9.38. The number of amides is 1. The smallest absolute Gasteiger partial charge is 0.223 e. The predicted octanol–water partition coefficient (Wildman–Crippen LogP) is 3.00. The van der Waals surface area contributed by atoms with Crippen molar-refractivity contribution in [1.29, 1.82) is 0 Å².